The van der Waals surface area contributed by atoms with E-state index in [2.05, 4.69) is 17.1 Å². The van der Waals surface area contributed by atoms with Crippen LogP contribution in [0.25, 0.3) is 11.1 Å². The SMILES string of the molecule is COC(=O)C1(Cc2ccccc2-c2ccncc2)CCOCC1. The van der Waals surface area contributed by atoms with Gasteiger partial charge in [0.15, 0.2) is 0 Å². The van der Waals surface area contributed by atoms with Gasteiger partial charge in [-0.1, -0.05) is 24.3 Å². The van der Waals surface area contributed by atoms with Crippen molar-refractivity contribution < 1.29 is 14.3 Å². The standard InChI is InChI=1S/C19H21NO3/c1-22-18(21)19(8-12-23-13-9-19)14-16-4-2-3-5-17(16)15-6-10-20-11-7-15/h2-7,10-11H,8-9,12-14H2,1H3. The molecule has 4 heteroatoms. The van der Waals surface area contributed by atoms with E-state index in [-0.39, 0.29) is 5.97 Å². The van der Waals surface area contributed by atoms with E-state index < -0.39 is 5.41 Å². The van der Waals surface area contributed by atoms with E-state index >= 15 is 0 Å². The van der Waals surface area contributed by atoms with E-state index in [1.54, 1.807) is 12.4 Å². The molecule has 0 radical (unpaired) electrons. The third kappa shape index (κ3) is 3.27. The van der Waals surface area contributed by atoms with Gasteiger partial charge in [-0.15, -0.1) is 0 Å². The minimum Gasteiger partial charge on any atom is -0.469 e. The summed E-state index contributed by atoms with van der Waals surface area (Å²) in [6.45, 7) is 1.21. The molecule has 0 spiro atoms. The van der Waals surface area contributed by atoms with Gasteiger partial charge in [-0.3, -0.25) is 9.78 Å². The van der Waals surface area contributed by atoms with Crippen molar-refractivity contribution in [1.29, 1.82) is 0 Å². The molecule has 2 aromatic rings. The van der Waals surface area contributed by atoms with Crippen LogP contribution < -0.4 is 0 Å². The lowest BCUT2D eigenvalue weighted by molar-refractivity contribution is -0.158. The Kier molecular flexibility index (Phi) is 4.72. The van der Waals surface area contributed by atoms with Crippen LogP contribution in [0.1, 0.15) is 18.4 Å². The number of carbonyl (C=O) groups is 1. The Labute approximate surface area is 136 Å². The number of carbonyl (C=O) groups excluding carboxylic acids is 1. The normalized spacial score (nSPS) is 16.7. The Morgan fingerprint density at radius 2 is 1.87 bits per heavy atom. The summed E-state index contributed by atoms with van der Waals surface area (Å²) < 4.78 is 10.6. The zero-order valence-corrected chi connectivity index (χ0v) is 13.3. The molecule has 1 aromatic carbocycles. The molecule has 0 amide bonds. The highest BCUT2D eigenvalue weighted by Crippen LogP contribution is 2.38. The number of pyridine rings is 1. The van der Waals surface area contributed by atoms with E-state index in [0.29, 0.717) is 32.5 Å². The zero-order valence-electron chi connectivity index (χ0n) is 13.3. The molecule has 1 aromatic heterocycles. The van der Waals surface area contributed by atoms with Crippen LogP contribution in [0.2, 0.25) is 0 Å². The fraction of sp³-hybridized carbons (Fsp3) is 0.368. The highest BCUT2D eigenvalue weighted by Gasteiger charge is 2.41. The van der Waals surface area contributed by atoms with Gasteiger partial charge in [-0.05, 0) is 48.1 Å². The van der Waals surface area contributed by atoms with Crippen LogP contribution >= 0.6 is 0 Å². The number of benzene rings is 1. The van der Waals surface area contributed by atoms with Crippen LogP contribution in [0, 0.1) is 5.41 Å². The number of rotatable bonds is 4. The monoisotopic (exact) mass is 311 g/mol. The van der Waals surface area contributed by atoms with Gasteiger partial charge in [0.2, 0.25) is 0 Å². The van der Waals surface area contributed by atoms with E-state index in [9.17, 15) is 4.79 Å². The lowest BCUT2D eigenvalue weighted by Crippen LogP contribution is -2.40. The third-order valence-electron chi connectivity index (χ3n) is 4.61. The Balaban J connectivity index is 1.97. The molecule has 3 rings (SSSR count). The topological polar surface area (TPSA) is 48.4 Å². The molecule has 23 heavy (non-hydrogen) atoms. The van der Waals surface area contributed by atoms with Gasteiger partial charge >= 0.3 is 5.97 Å². The maximum Gasteiger partial charge on any atom is 0.312 e. The zero-order chi connectivity index (χ0) is 16.1. The fourth-order valence-electron chi connectivity index (χ4n) is 3.28. The quantitative estimate of drug-likeness (QED) is 0.813. The molecule has 1 fully saturated rings. The smallest absolute Gasteiger partial charge is 0.312 e. The van der Waals surface area contributed by atoms with E-state index in [1.165, 1.54) is 7.11 Å². The molecule has 0 atom stereocenters. The number of aromatic nitrogens is 1. The van der Waals surface area contributed by atoms with Gasteiger partial charge in [0, 0.05) is 25.6 Å². The van der Waals surface area contributed by atoms with Gasteiger partial charge in [0.25, 0.3) is 0 Å². The molecule has 0 aliphatic carbocycles. The maximum absolute atomic E-state index is 12.5. The molecule has 0 bridgehead atoms. The van der Waals surface area contributed by atoms with Crippen molar-refractivity contribution in [2.24, 2.45) is 5.41 Å². The predicted octanol–water partition coefficient (Wildman–Crippen LogP) is 3.26. The number of methoxy groups -OCH3 is 1. The molecule has 0 unspecified atom stereocenters. The van der Waals surface area contributed by atoms with Crippen molar-refractivity contribution in [1.82, 2.24) is 4.98 Å². The van der Waals surface area contributed by atoms with Crippen molar-refractivity contribution in [3.8, 4) is 11.1 Å². The summed E-state index contributed by atoms with van der Waals surface area (Å²) >= 11 is 0. The number of ether oxygens (including phenoxy) is 2. The molecule has 120 valence electrons. The lowest BCUT2D eigenvalue weighted by Gasteiger charge is -2.35. The summed E-state index contributed by atoms with van der Waals surface area (Å²) in [5.74, 6) is -0.134. The lowest BCUT2D eigenvalue weighted by atomic mass is 9.74. The highest BCUT2D eigenvalue weighted by atomic mass is 16.5. The first-order chi connectivity index (χ1) is 11.2. The second-order valence-corrected chi connectivity index (χ2v) is 5.95. The minimum atomic E-state index is -0.490. The Bertz CT molecular complexity index is 663. The first kappa shape index (κ1) is 15.7. The summed E-state index contributed by atoms with van der Waals surface area (Å²) in [5.41, 5.74) is 2.93. The first-order valence-corrected chi connectivity index (χ1v) is 7.90. The Morgan fingerprint density at radius 3 is 2.57 bits per heavy atom. The minimum absolute atomic E-state index is 0.134. The van der Waals surface area contributed by atoms with Gasteiger partial charge in [0.05, 0.1) is 12.5 Å². The number of nitrogens with zero attached hydrogens (tertiary/aromatic N) is 1. The van der Waals surface area contributed by atoms with Crippen molar-refractivity contribution in [2.45, 2.75) is 19.3 Å². The van der Waals surface area contributed by atoms with Crippen molar-refractivity contribution in [3.05, 3.63) is 54.4 Å². The molecule has 0 saturated carbocycles. The number of hydrogen-bond acceptors (Lipinski definition) is 4. The van der Waals surface area contributed by atoms with Crippen molar-refractivity contribution in [3.63, 3.8) is 0 Å². The van der Waals surface area contributed by atoms with E-state index in [4.69, 9.17) is 9.47 Å². The van der Waals surface area contributed by atoms with Crippen LogP contribution in [0.3, 0.4) is 0 Å². The van der Waals surface area contributed by atoms with Crippen LogP contribution in [0.4, 0.5) is 0 Å². The molecule has 1 aliphatic rings. The molecule has 4 nitrogen and oxygen atoms in total. The second-order valence-electron chi connectivity index (χ2n) is 5.95. The first-order valence-electron chi connectivity index (χ1n) is 7.90. The summed E-state index contributed by atoms with van der Waals surface area (Å²) in [7, 11) is 1.47. The van der Waals surface area contributed by atoms with Crippen LogP contribution in [-0.4, -0.2) is 31.3 Å². The van der Waals surface area contributed by atoms with Crippen LogP contribution in [0.5, 0.6) is 0 Å². The summed E-state index contributed by atoms with van der Waals surface area (Å²) in [6.07, 6.45) is 5.64. The Morgan fingerprint density at radius 1 is 1.17 bits per heavy atom. The molecule has 1 saturated heterocycles. The number of hydrogen-bond donors (Lipinski definition) is 0. The van der Waals surface area contributed by atoms with Crippen LogP contribution in [-0.2, 0) is 20.7 Å². The summed E-state index contributed by atoms with van der Waals surface area (Å²) in [6, 6.07) is 12.2. The summed E-state index contributed by atoms with van der Waals surface area (Å²) in [5, 5.41) is 0. The molecule has 2 heterocycles. The fourth-order valence-corrected chi connectivity index (χ4v) is 3.28. The van der Waals surface area contributed by atoms with Gasteiger partial charge in [0.1, 0.15) is 0 Å². The largest absolute Gasteiger partial charge is 0.469 e. The van der Waals surface area contributed by atoms with Gasteiger partial charge < -0.3 is 9.47 Å². The molecule has 1 aliphatic heterocycles. The maximum atomic E-state index is 12.5. The average molecular weight is 311 g/mol. The molecular formula is C19H21NO3. The van der Waals surface area contributed by atoms with Gasteiger partial charge in [-0.2, -0.15) is 0 Å². The Hall–Kier alpha value is -2.20. The van der Waals surface area contributed by atoms with Gasteiger partial charge in [-0.25, -0.2) is 0 Å². The van der Waals surface area contributed by atoms with Crippen LogP contribution in [0.15, 0.2) is 48.8 Å². The van der Waals surface area contributed by atoms with Crippen molar-refractivity contribution >= 4 is 5.97 Å². The molecular weight excluding hydrogens is 290 g/mol. The third-order valence-corrected chi connectivity index (χ3v) is 4.61. The molecule has 0 N–H and O–H groups in total. The van der Waals surface area contributed by atoms with Crippen molar-refractivity contribution in [2.75, 3.05) is 20.3 Å². The average Bonchev–Trinajstić information content (AvgIpc) is 2.63. The number of esters is 1. The highest BCUT2D eigenvalue weighted by molar-refractivity contribution is 5.78. The summed E-state index contributed by atoms with van der Waals surface area (Å²) in [4.78, 5) is 16.5. The predicted molar refractivity (Wildman–Crippen MR) is 87.9 cm³/mol. The second kappa shape index (κ2) is 6.92. The van der Waals surface area contributed by atoms with E-state index in [1.807, 2.05) is 24.3 Å². The van der Waals surface area contributed by atoms with E-state index in [0.717, 1.165) is 16.7 Å².